The molecule has 0 fully saturated rings. The molecule has 0 spiro atoms. The van der Waals surface area contributed by atoms with E-state index in [1.165, 1.54) is 0 Å². The first-order chi connectivity index (χ1) is 9.79. The molecule has 1 unspecified atom stereocenters. The topological polar surface area (TPSA) is 61.0 Å². The third kappa shape index (κ3) is 2.21. The number of methoxy groups -OCH3 is 1. The van der Waals surface area contributed by atoms with Crippen LogP contribution in [0.25, 0.3) is 11.0 Å². The first-order valence-electron chi connectivity index (χ1n) is 6.39. The Morgan fingerprint density at radius 1 is 1.00 bits per heavy atom. The van der Waals surface area contributed by atoms with E-state index in [9.17, 15) is 0 Å². The number of aromatic nitrogens is 2. The predicted molar refractivity (Wildman–Crippen MR) is 78.6 cm³/mol. The number of hydrogen-bond donors (Lipinski definition) is 1. The van der Waals surface area contributed by atoms with Gasteiger partial charge in [0, 0.05) is 18.0 Å². The van der Waals surface area contributed by atoms with E-state index in [0.717, 1.165) is 27.9 Å². The smallest absolute Gasteiger partial charge is 0.118 e. The summed E-state index contributed by atoms with van der Waals surface area (Å²) in [5.74, 6) is 0.818. The van der Waals surface area contributed by atoms with Gasteiger partial charge in [0.15, 0.2) is 0 Å². The van der Waals surface area contributed by atoms with Crippen LogP contribution in [0.3, 0.4) is 0 Å². The second-order valence-electron chi connectivity index (χ2n) is 4.52. The number of hydrogen-bond acceptors (Lipinski definition) is 4. The molecule has 0 aliphatic heterocycles. The fourth-order valence-electron chi connectivity index (χ4n) is 2.26. The van der Waals surface area contributed by atoms with Gasteiger partial charge in [0.1, 0.15) is 5.75 Å². The summed E-state index contributed by atoms with van der Waals surface area (Å²) >= 11 is 0. The maximum Gasteiger partial charge on any atom is 0.118 e. The number of rotatable bonds is 3. The van der Waals surface area contributed by atoms with E-state index in [0.29, 0.717) is 0 Å². The third-order valence-corrected chi connectivity index (χ3v) is 3.34. The summed E-state index contributed by atoms with van der Waals surface area (Å²) in [6, 6.07) is 13.4. The molecule has 4 nitrogen and oxygen atoms in total. The van der Waals surface area contributed by atoms with Crippen molar-refractivity contribution < 1.29 is 4.74 Å². The van der Waals surface area contributed by atoms with Crippen molar-refractivity contribution >= 4 is 11.0 Å². The van der Waals surface area contributed by atoms with Crippen LogP contribution in [-0.4, -0.2) is 17.1 Å². The van der Waals surface area contributed by atoms with Crippen LogP contribution in [0.1, 0.15) is 17.2 Å². The number of ether oxygens (including phenoxy) is 1. The fourth-order valence-corrected chi connectivity index (χ4v) is 2.26. The average molecular weight is 265 g/mol. The van der Waals surface area contributed by atoms with Crippen molar-refractivity contribution in [2.24, 2.45) is 5.73 Å². The maximum absolute atomic E-state index is 6.37. The highest BCUT2D eigenvalue weighted by Crippen LogP contribution is 2.26. The summed E-state index contributed by atoms with van der Waals surface area (Å²) in [5.41, 5.74) is 10.1. The van der Waals surface area contributed by atoms with Gasteiger partial charge >= 0.3 is 0 Å². The number of para-hydroxylation sites is 1. The second kappa shape index (κ2) is 5.27. The number of benzene rings is 2. The van der Waals surface area contributed by atoms with Crippen LogP contribution in [0.2, 0.25) is 0 Å². The maximum atomic E-state index is 6.37. The lowest BCUT2D eigenvalue weighted by atomic mass is 9.98. The monoisotopic (exact) mass is 265 g/mol. The molecule has 0 amide bonds. The highest BCUT2D eigenvalue weighted by molar-refractivity contribution is 5.78. The summed E-state index contributed by atoms with van der Waals surface area (Å²) < 4.78 is 5.16. The standard InChI is InChI=1S/C16H15N3O/c1-20-12-7-5-11(6-8-12)15(17)13-3-2-4-14-16(13)19-10-9-18-14/h2-10,15H,17H2,1H3. The molecule has 0 radical (unpaired) electrons. The minimum absolute atomic E-state index is 0.235. The summed E-state index contributed by atoms with van der Waals surface area (Å²) in [6.07, 6.45) is 3.37. The van der Waals surface area contributed by atoms with Crippen LogP contribution in [0, 0.1) is 0 Å². The molecule has 0 saturated carbocycles. The number of fused-ring (bicyclic) bond motifs is 1. The number of nitrogens with zero attached hydrogens (tertiary/aromatic N) is 2. The largest absolute Gasteiger partial charge is 0.497 e. The highest BCUT2D eigenvalue weighted by atomic mass is 16.5. The van der Waals surface area contributed by atoms with Crippen molar-refractivity contribution in [1.82, 2.24) is 9.97 Å². The average Bonchev–Trinajstić information content (AvgIpc) is 2.54. The van der Waals surface area contributed by atoms with Crippen LogP contribution in [-0.2, 0) is 0 Å². The Morgan fingerprint density at radius 2 is 1.75 bits per heavy atom. The summed E-state index contributed by atoms with van der Waals surface area (Å²) in [4.78, 5) is 8.70. The van der Waals surface area contributed by atoms with Crippen LogP contribution < -0.4 is 10.5 Å². The highest BCUT2D eigenvalue weighted by Gasteiger charge is 2.13. The van der Waals surface area contributed by atoms with E-state index in [1.807, 2.05) is 42.5 Å². The lowest BCUT2D eigenvalue weighted by Crippen LogP contribution is -2.12. The Morgan fingerprint density at radius 3 is 2.50 bits per heavy atom. The van der Waals surface area contributed by atoms with Crippen molar-refractivity contribution in [2.75, 3.05) is 7.11 Å². The Labute approximate surface area is 117 Å². The van der Waals surface area contributed by atoms with Gasteiger partial charge in [0.25, 0.3) is 0 Å². The quantitative estimate of drug-likeness (QED) is 0.791. The van der Waals surface area contributed by atoms with E-state index >= 15 is 0 Å². The van der Waals surface area contributed by atoms with Gasteiger partial charge in [-0.05, 0) is 23.8 Å². The summed E-state index contributed by atoms with van der Waals surface area (Å²) in [6.45, 7) is 0. The predicted octanol–water partition coefficient (Wildman–Crippen LogP) is 2.69. The van der Waals surface area contributed by atoms with Crippen LogP contribution in [0.4, 0.5) is 0 Å². The molecule has 0 aliphatic carbocycles. The SMILES string of the molecule is COc1ccc(C(N)c2cccc3nccnc23)cc1. The fraction of sp³-hybridized carbons (Fsp3) is 0.125. The lowest BCUT2D eigenvalue weighted by Gasteiger charge is -2.14. The molecule has 1 heterocycles. The van der Waals surface area contributed by atoms with E-state index in [4.69, 9.17) is 10.5 Å². The van der Waals surface area contributed by atoms with Gasteiger partial charge in [0.2, 0.25) is 0 Å². The Hall–Kier alpha value is -2.46. The zero-order valence-corrected chi connectivity index (χ0v) is 11.2. The lowest BCUT2D eigenvalue weighted by molar-refractivity contribution is 0.414. The van der Waals surface area contributed by atoms with E-state index in [2.05, 4.69) is 9.97 Å². The van der Waals surface area contributed by atoms with Gasteiger partial charge < -0.3 is 10.5 Å². The molecule has 2 aromatic carbocycles. The van der Waals surface area contributed by atoms with Gasteiger partial charge in [-0.1, -0.05) is 24.3 Å². The second-order valence-corrected chi connectivity index (χ2v) is 4.52. The molecular weight excluding hydrogens is 250 g/mol. The Bertz CT molecular complexity index is 720. The zero-order valence-electron chi connectivity index (χ0n) is 11.2. The first-order valence-corrected chi connectivity index (χ1v) is 6.39. The van der Waals surface area contributed by atoms with Crippen LogP contribution in [0.15, 0.2) is 54.9 Å². The zero-order chi connectivity index (χ0) is 13.9. The molecule has 0 bridgehead atoms. The van der Waals surface area contributed by atoms with E-state index in [1.54, 1.807) is 19.5 Å². The van der Waals surface area contributed by atoms with Crippen LogP contribution in [0.5, 0.6) is 5.75 Å². The molecule has 3 rings (SSSR count). The third-order valence-electron chi connectivity index (χ3n) is 3.34. The summed E-state index contributed by atoms with van der Waals surface area (Å²) in [7, 11) is 1.65. The molecular formula is C16H15N3O. The van der Waals surface area contributed by atoms with Gasteiger partial charge in [-0.15, -0.1) is 0 Å². The molecule has 2 N–H and O–H groups in total. The normalized spacial score (nSPS) is 12.3. The minimum Gasteiger partial charge on any atom is -0.497 e. The van der Waals surface area contributed by atoms with Crippen LogP contribution >= 0.6 is 0 Å². The van der Waals surface area contributed by atoms with Crippen molar-refractivity contribution in [1.29, 1.82) is 0 Å². The molecule has 100 valence electrons. The molecule has 1 atom stereocenters. The Kier molecular flexibility index (Phi) is 3.31. The molecule has 1 aromatic heterocycles. The summed E-state index contributed by atoms with van der Waals surface area (Å²) in [5, 5.41) is 0. The van der Waals surface area contributed by atoms with Crippen molar-refractivity contribution in [3.05, 3.63) is 66.0 Å². The minimum atomic E-state index is -0.235. The van der Waals surface area contributed by atoms with Crippen molar-refractivity contribution in [3.63, 3.8) is 0 Å². The molecule has 0 saturated heterocycles. The van der Waals surface area contributed by atoms with Crippen molar-refractivity contribution in [2.45, 2.75) is 6.04 Å². The van der Waals surface area contributed by atoms with Crippen molar-refractivity contribution in [3.8, 4) is 5.75 Å². The van der Waals surface area contributed by atoms with Gasteiger partial charge in [-0.2, -0.15) is 0 Å². The molecule has 3 aromatic rings. The number of nitrogens with two attached hydrogens (primary N) is 1. The van der Waals surface area contributed by atoms with Gasteiger partial charge in [-0.3, -0.25) is 9.97 Å². The molecule has 0 aliphatic rings. The van der Waals surface area contributed by atoms with Gasteiger partial charge in [0.05, 0.1) is 24.2 Å². The van der Waals surface area contributed by atoms with Gasteiger partial charge in [-0.25, -0.2) is 0 Å². The molecule has 20 heavy (non-hydrogen) atoms. The first kappa shape index (κ1) is 12.6. The van der Waals surface area contributed by atoms with E-state index < -0.39 is 0 Å². The van der Waals surface area contributed by atoms with E-state index in [-0.39, 0.29) is 6.04 Å². The Balaban J connectivity index is 2.05. The molecule has 4 heteroatoms.